The molecule has 0 unspecified atom stereocenters. The molecule has 2 aromatic heterocycles. The normalized spacial score (nSPS) is 14.7. The maximum atomic E-state index is 13.0. The number of carbonyl (C=O) groups excluding carboxylic acids is 1. The fraction of sp³-hybridized carbons (Fsp3) is 0.440. The fourth-order valence-corrected chi connectivity index (χ4v) is 4.93. The summed E-state index contributed by atoms with van der Waals surface area (Å²) in [5.41, 5.74) is 5.77. The molecule has 32 heavy (non-hydrogen) atoms. The molecule has 3 aromatic rings. The number of benzene rings is 1. The highest BCUT2D eigenvalue weighted by Gasteiger charge is 2.24. The Balaban J connectivity index is 1.29. The lowest BCUT2D eigenvalue weighted by Crippen LogP contribution is -2.48. The van der Waals surface area contributed by atoms with Crippen molar-refractivity contribution >= 4 is 17.2 Å². The molecule has 170 valence electrons. The van der Waals surface area contributed by atoms with Crippen LogP contribution < -0.4 is 4.74 Å². The molecule has 0 spiro atoms. The van der Waals surface area contributed by atoms with Crippen LogP contribution in [0.2, 0.25) is 0 Å². The van der Waals surface area contributed by atoms with E-state index in [1.54, 1.807) is 0 Å². The molecular weight excluding hydrogens is 420 g/mol. The van der Waals surface area contributed by atoms with Gasteiger partial charge in [0.2, 0.25) is 0 Å². The number of aromatic nitrogens is 2. The van der Waals surface area contributed by atoms with E-state index in [1.807, 2.05) is 27.1 Å². The summed E-state index contributed by atoms with van der Waals surface area (Å²) in [6.45, 7) is 13.9. The average molecular weight is 453 g/mol. The molecule has 0 N–H and O–H groups in total. The highest BCUT2D eigenvalue weighted by Crippen LogP contribution is 2.23. The molecule has 1 saturated heterocycles. The zero-order valence-electron chi connectivity index (χ0n) is 19.4. The first-order valence-electron chi connectivity index (χ1n) is 11.2. The molecule has 0 saturated carbocycles. The summed E-state index contributed by atoms with van der Waals surface area (Å²) < 4.78 is 7.96. The van der Waals surface area contributed by atoms with Crippen LogP contribution in [0.15, 0.2) is 35.8 Å². The van der Waals surface area contributed by atoms with Crippen molar-refractivity contribution in [3.63, 3.8) is 0 Å². The fourth-order valence-electron chi connectivity index (χ4n) is 4.07. The van der Waals surface area contributed by atoms with Crippen LogP contribution in [0, 0.1) is 20.8 Å². The highest BCUT2D eigenvalue weighted by atomic mass is 32.1. The summed E-state index contributed by atoms with van der Waals surface area (Å²) in [6, 6.07) is 8.17. The van der Waals surface area contributed by atoms with E-state index in [1.165, 1.54) is 22.5 Å². The molecule has 0 aliphatic carbocycles. The van der Waals surface area contributed by atoms with Crippen LogP contribution >= 0.6 is 11.3 Å². The number of nitrogens with zero attached hydrogens (tertiary/aromatic N) is 4. The van der Waals surface area contributed by atoms with Crippen molar-refractivity contribution in [3.05, 3.63) is 68.7 Å². The van der Waals surface area contributed by atoms with Crippen LogP contribution in [0.25, 0.3) is 0 Å². The van der Waals surface area contributed by atoms with Gasteiger partial charge in [-0.25, -0.2) is 0 Å². The number of piperazine rings is 1. The number of ether oxygens (including phenoxy) is 1. The van der Waals surface area contributed by atoms with Gasteiger partial charge in [-0.3, -0.25) is 14.4 Å². The predicted molar refractivity (Wildman–Crippen MR) is 128 cm³/mol. The third-order valence-corrected chi connectivity index (χ3v) is 6.98. The van der Waals surface area contributed by atoms with Crippen molar-refractivity contribution in [2.75, 3.05) is 26.2 Å². The van der Waals surface area contributed by atoms with Crippen LogP contribution in [0.1, 0.15) is 44.5 Å². The molecule has 1 amide bonds. The first kappa shape index (κ1) is 22.6. The van der Waals surface area contributed by atoms with Gasteiger partial charge >= 0.3 is 0 Å². The second-order valence-corrected chi connectivity index (χ2v) is 9.45. The number of aryl methyl sites for hydroxylation is 4. The van der Waals surface area contributed by atoms with E-state index in [9.17, 15) is 4.79 Å². The standard InChI is InChI=1S/C25H32N4O2S/c1-5-29-15-22(20(4)26-29)14-27-8-10-28(11-9-27)25(30)24-13-21(17-32-24)16-31-23-7-6-18(2)12-19(23)3/h6-7,12-13,15,17H,5,8-11,14,16H2,1-4H3. The van der Waals surface area contributed by atoms with Gasteiger partial charge in [-0.05, 0) is 50.8 Å². The van der Waals surface area contributed by atoms with Gasteiger partial charge in [0.15, 0.2) is 0 Å². The third kappa shape index (κ3) is 5.22. The number of rotatable bonds is 7. The van der Waals surface area contributed by atoms with E-state index >= 15 is 0 Å². The molecule has 3 heterocycles. The molecule has 1 fully saturated rings. The molecule has 1 aromatic carbocycles. The molecule has 7 heteroatoms. The van der Waals surface area contributed by atoms with Crippen LogP contribution in [-0.4, -0.2) is 51.7 Å². The van der Waals surface area contributed by atoms with Gasteiger partial charge in [-0.1, -0.05) is 17.7 Å². The summed E-state index contributed by atoms with van der Waals surface area (Å²) in [7, 11) is 0. The van der Waals surface area contributed by atoms with Crippen LogP contribution in [0.4, 0.5) is 0 Å². The lowest BCUT2D eigenvalue weighted by Gasteiger charge is -2.34. The van der Waals surface area contributed by atoms with E-state index in [2.05, 4.69) is 56.0 Å². The zero-order chi connectivity index (χ0) is 22.7. The zero-order valence-corrected chi connectivity index (χ0v) is 20.2. The summed E-state index contributed by atoms with van der Waals surface area (Å²) in [5.74, 6) is 1.02. The number of hydrogen-bond acceptors (Lipinski definition) is 5. The lowest BCUT2D eigenvalue weighted by molar-refractivity contribution is 0.0633. The van der Waals surface area contributed by atoms with E-state index < -0.39 is 0 Å². The Morgan fingerprint density at radius 3 is 2.59 bits per heavy atom. The van der Waals surface area contributed by atoms with Crippen molar-refractivity contribution in [3.8, 4) is 5.75 Å². The smallest absolute Gasteiger partial charge is 0.264 e. The SMILES string of the molecule is CCn1cc(CN2CCN(C(=O)c3cc(COc4ccc(C)cc4C)cs3)CC2)c(C)n1. The van der Waals surface area contributed by atoms with E-state index in [-0.39, 0.29) is 5.91 Å². The molecule has 4 rings (SSSR count). The second-order valence-electron chi connectivity index (χ2n) is 8.54. The van der Waals surface area contributed by atoms with Crippen molar-refractivity contribution in [2.45, 2.75) is 47.4 Å². The van der Waals surface area contributed by atoms with E-state index in [0.717, 1.165) is 66.7 Å². The maximum Gasteiger partial charge on any atom is 0.264 e. The molecule has 0 atom stereocenters. The Bertz CT molecular complexity index is 1080. The molecule has 0 radical (unpaired) electrons. The third-order valence-electron chi connectivity index (χ3n) is 6.01. The number of carbonyl (C=O) groups is 1. The Labute approximate surface area is 194 Å². The molecule has 6 nitrogen and oxygen atoms in total. The van der Waals surface area contributed by atoms with Gasteiger partial charge in [0.1, 0.15) is 12.4 Å². The van der Waals surface area contributed by atoms with Crippen LogP contribution in [-0.2, 0) is 19.7 Å². The average Bonchev–Trinajstić information content (AvgIpc) is 3.40. The molecule has 0 bridgehead atoms. The van der Waals surface area contributed by atoms with Gasteiger partial charge in [-0.15, -0.1) is 11.3 Å². The minimum Gasteiger partial charge on any atom is -0.489 e. The van der Waals surface area contributed by atoms with Crippen molar-refractivity contribution < 1.29 is 9.53 Å². The minimum atomic E-state index is 0.127. The van der Waals surface area contributed by atoms with Gasteiger partial charge in [-0.2, -0.15) is 5.10 Å². The number of hydrogen-bond donors (Lipinski definition) is 0. The lowest BCUT2D eigenvalue weighted by atomic mass is 10.1. The maximum absolute atomic E-state index is 13.0. The summed E-state index contributed by atoms with van der Waals surface area (Å²) in [4.78, 5) is 18.2. The number of amides is 1. The number of thiophene rings is 1. The highest BCUT2D eigenvalue weighted by molar-refractivity contribution is 7.12. The summed E-state index contributed by atoms with van der Waals surface area (Å²) in [6.07, 6.45) is 2.14. The second kappa shape index (κ2) is 9.88. The Kier molecular flexibility index (Phi) is 6.96. The molecular formula is C25H32N4O2S. The predicted octanol–water partition coefficient (Wildman–Crippen LogP) is 4.43. The first-order valence-corrected chi connectivity index (χ1v) is 12.1. The van der Waals surface area contributed by atoms with Crippen LogP contribution in [0.5, 0.6) is 5.75 Å². The van der Waals surface area contributed by atoms with Gasteiger partial charge in [0, 0.05) is 56.6 Å². The van der Waals surface area contributed by atoms with Crippen molar-refractivity contribution in [1.29, 1.82) is 0 Å². The monoisotopic (exact) mass is 452 g/mol. The van der Waals surface area contributed by atoms with Gasteiger partial charge in [0.25, 0.3) is 5.91 Å². The summed E-state index contributed by atoms with van der Waals surface area (Å²) >= 11 is 1.51. The summed E-state index contributed by atoms with van der Waals surface area (Å²) in [5, 5.41) is 6.57. The van der Waals surface area contributed by atoms with Crippen LogP contribution in [0.3, 0.4) is 0 Å². The van der Waals surface area contributed by atoms with E-state index in [4.69, 9.17) is 4.74 Å². The van der Waals surface area contributed by atoms with E-state index in [0.29, 0.717) is 6.61 Å². The quantitative estimate of drug-likeness (QED) is 0.532. The molecule has 1 aliphatic rings. The minimum absolute atomic E-state index is 0.127. The van der Waals surface area contributed by atoms with Crippen molar-refractivity contribution in [2.24, 2.45) is 0 Å². The Morgan fingerprint density at radius 2 is 1.91 bits per heavy atom. The Hall–Kier alpha value is -2.64. The Morgan fingerprint density at radius 1 is 1.12 bits per heavy atom. The van der Waals surface area contributed by atoms with Gasteiger partial charge < -0.3 is 9.64 Å². The molecule has 1 aliphatic heterocycles. The largest absolute Gasteiger partial charge is 0.489 e. The topological polar surface area (TPSA) is 50.6 Å². The van der Waals surface area contributed by atoms with Gasteiger partial charge in [0.05, 0.1) is 10.6 Å². The van der Waals surface area contributed by atoms with Crippen molar-refractivity contribution in [1.82, 2.24) is 19.6 Å². The first-order chi connectivity index (χ1) is 15.4.